The highest BCUT2D eigenvalue weighted by Crippen LogP contribution is 2.22. The van der Waals surface area contributed by atoms with Crippen molar-refractivity contribution in [3.05, 3.63) is 23.8 Å². The second-order valence-corrected chi connectivity index (χ2v) is 7.80. The van der Waals surface area contributed by atoms with E-state index in [2.05, 4.69) is 5.32 Å². The maximum Gasteiger partial charge on any atom is 0.242 e. The van der Waals surface area contributed by atoms with Crippen molar-refractivity contribution in [3.63, 3.8) is 0 Å². The summed E-state index contributed by atoms with van der Waals surface area (Å²) in [6, 6.07) is 4.48. The van der Waals surface area contributed by atoms with Crippen molar-refractivity contribution in [1.29, 1.82) is 0 Å². The molecule has 7 heteroatoms. The van der Waals surface area contributed by atoms with Gasteiger partial charge in [0.25, 0.3) is 0 Å². The van der Waals surface area contributed by atoms with Crippen LogP contribution in [0.4, 0.5) is 5.69 Å². The number of sulfonamides is 1. The van der Waals surface area contributed by atoms with Crippen molar-refractivity contribution in [1.82, 2.24) is 9.21 Å². The molecule has 0 spiro atoms. The molecule has 1 aromatic carbocycles. The van der Waals surface area contributed by atoms with Gasteiger partial charge in [-0.1, -0.05) is 19.9 Å². The molecule has 0 bridgehead atoms. The van der Waals surface area contributed by atoms with Crippen LogP contribution >= 0.6 is 0 Å². The summed E-state index contributed by atoms with van der Waals surface area (Å²) in [4.78, 5) is 14.6. The summed E-state index contributed by atoms with van der Waals surface area (Å²) in [5.74, 6) is -0.142. The van der Waals surface area contributed by atoms with Gasteiger partial charge in [-0.05, 0) is 44.6 Å². The molecule has 0 heterocycles. The number of nitrogens with zero attached hydrogens (tertiary/aromatic N) is 2. The van der Waals surface area contributed by atoms with Gasteiger partial charge in [0, 0.05) is 19.8 Å². The number of rotatable bonds is 7. The molecular formula is C16H27N3O3S. The van der Waals surface area contributed by atoms with Crippen molar-refractivity contribution >= 4 is 21.6 Å². The van der Waals surface area contributed by atoms with Gasteiger partial charge < -0.3 is 5.32 Å². The van der Waals surface area contributed by atoms with E-state index in [0.29, 0.717) is 5.69 Å². The molecule has 0 aliphatic heterocycles. The molecule has 0 radical (unpaired) electrons. The van der Waals surface area contributed by atoms with Gasteiger partial charge in [0.05, 0.1) is 10.9 Å². The fraction of sp³-hybridized carbons (Fsp3) is 0.562. The number of likely N-dealkylation sites (N-methyl/N-ethyl adjacent to an activating group) is 1. The van der Waals surface area contributed by atoms with Crippen molar-refractivity contribution in [2.75, 3.05) is 32.5 Å². The fourth-order valence-corrected chi connectivity index (χ4v) is 3.21. The zero-order valence-corrected chi connectivity index (χ0v) is 15.6. The first-order chi connectivity index (χ1) is 10.6. The lowest BCUT2D eigenvalue weighted by Gasteiger charge is -2.25. The molecule has 1 N–H and O–H groups in total. The van der Waals surface area contributed by atoms with E-state index in [4.69, 9.17) is 0 Å². The summed E-state index contributed by atoms with van der Waals surface area (Å²) in [7, 11) is -0.562. The summed E-state index contributed by atoms with van der Waals surface area (Å²) in [5, 5.41) is 2.85. The number of aryl methyl sites for hydroxylation is 1. The molecule has 23 heavy (non-hydrogen) atoms. The lowest BCUT2D eigenvalue weighted by atomic mass is 10.2. The highest BCUT2D eigenvalue weighted by molar-refractivity contribution is 7.89. The Labute approximate surface area is 139 Å². The van der Waals surface area contributed by atoms with E-state index in [1.807, 2.05) is 32.6 Å². The van der Waals surface area contributed by atoms with Crippen LogP contribution in [0.25, 0.3) is 0 Å². The van der Waals surface area contributed by atoms with Crippen molar-refractivity contribution < 1.29 is 13.2 Å². The molecule has 0 saturated carbocycles. The number of nitrogens with one attached hydrogen (secondary N) is 1. The number of anilines is 1. The first-order valence-electron chi connectivity index (χ1n) is 7.73. The van der Waals surface area contributed by atoms with Crippen LogP contribution in [0.3, 0.4) is 0 Å². The number of carbonyl (C=O) groups is 1. The van der Waals surface area contributed by atoms with Crippen LogP contribution in [0.2, 0.25) is 0 Å². The Morgan fingerprint density at radius 1 is 1.22 bits per heavy atom. The van der Waals surface area contributed by atoms with E-state index in [1.54, 1.807) is 12.1 Å². The molecule has 1 aromatic rings. The Hall–Kier alpha value is -1.44. The Morgan fingerprint density at radius 3 is 2.26 bits per heavy atom. The normalized spacial score (nSPS) is 13.4. The number of hydrogen-bond acceptors (Lipinski definition) is 4. The number of benzene rings is 1. The monoisotopic (exact) mass is 341 g/mol. The molecule has 0 saturated heterocycles. The maximum atomic E-state index is 12.4. The Balaban J connectivity index is 3.08. The molecule has 1 atom stereocenters. The third kappa shape index (κ3) is 4.53. The smallest absolute Gasteiger partial charge is 0.242 e. The van der Waals surface area contributed by atoms with Gasteiger partial charge in [0.2, 0.25) is 15.9 Å². The van der Waals surface area contributed by atoms with Gasteiger partial charge in [-0.15, -0.1) is 0 Å². The number of amides is 1. The van der Waals surface area contributed by atoms with Crippen molar-refractivity contribution in [3.8, 4) is 0 Å². The summed E-state index contributed by atoms with van der Waals surface area (Å²) in [6.45, 7) is 9.24. The van der Waals surface area contributed by atoms with E-state index in [1.165, 1.54) is 20.2 Å². The molecule has 130 valence electrons. The largest absolute Gasteiger partial charge is 0.324 e. The van der Waals surface area contributed by atoms with Gasteiger partial charge in [0.15, 0.2) is 0 Å². The van der Waals surface area contributed by atoms with Crippen molar-refractivity contribution in [2.24, 2.45) is 0 Å². The molecule has 1 amide bonds. The molecule has 0 fully saturated rings. The minimum Gasteiger partial charge on any atom is -0.324 e. The number of hydrogen-bond donors (Lipinski definition) is 1. The Bertz CT molecular complexity index is 653. The minimum atomic E-state index is -3.53. The summed E-state index contributed by atoms with van der Waals surface area (Å²) in [5.41, 5.74) is 1.35. The fourth-order valence-electron chi connectivity index (χ4n) is 2.28. The van der Waals surface area contributed by atoms with Crippen molar-refractivity contribution in [2.45, 2.75) is 38.6 Å². The van der Waals surface area contributed by atoms with Gasteiger partial charge in [-0.2, -0.15) is 0 Å². The van der Waals surface area contributed by atoms with Crippen LogP contribution in [0.5, 0.6) is 0 Å². The second-order valence-electron chi connectivity index (χ2n) is 5.65. The zero-order chi connectivity index (χ0) is 17.8. The average Bonchev–Trinajstić information content (AvgIpc) is 2.50. The van der Waals surface area contributed by atoms with Crippen LogP contribution < -0.4 is 5.32 Å². The lowest BCUT2D eigenvalue weighted by Crippen LogP contribution is -2.41. The maximum absolute atomic E-state index is 12.4. The lowest BCUT2D eigenvalue weighted by molar-refractivity contribution is -0.120. The SMILES string of the molecule is CCN(CC)C(C)C(=O)Nc1cc(S(=O)(=O)N(C)C)ccc1C. The molecule has 0 aromatic heterocycles. The highest BCUT2D eigenvalue weighted by atomic mass is 32.2. The van der Waals surface area contributed by atoms with Crippen LogP contribution in [-0.4, -0.2) is 56.8 Å². The predicted octanol–water partition coefficient (Wildman–Crippen LogP) is 1.91. The minimum absolute atomic E-state index is 0.142. The molecule has 1 rings (SSSR count). The Kier molecular flexibility index (Phi) is 6.73. The van der Waals surface area contributed by atoms with E-state index in [9.17, 15) is 13.2 Å². The third-order valence-corrected chi connectivity index (χ3v) is 5.80. The van der Waals surface area contributed by atoms with E-state index in [0.717, 1.165) is 23.0 Å². The van der Waals surface area contributed by atoms with Gasteiger partial charge in [-0.3, -0.25) is 9.69 Å². The van der Waals surface area contributed by atoms with Gasteiger partial charge in [0.1, 0.15) is 0 Å². The quantitative estimate of drug-likeness (QED) is 0.822. The highest BCUT2D eigenvalue weighted by Gasteiger charge is 2.21. The molecule has 6 nitrogen and oxygen atoms in total. The molecule has 0 aliphatic carbocycles. The van der Waals surface area contributed by atoms with E-state index in [-0.39, 0.29) is 16.8 Å². The van der Waals surface area contributed by atoms with Crippen LogP contribution in [0.15, 0.2) is 23.1 Å². The zero-order valence-electron chi connectivity index (χ0n) is 14.8. The van der Waals surface area contributed by atoms with Gasteiger partial charge in [-0.25, -0.2) is 12.7 Å². The number of carbonyl (C=O) groups excluding carboxylic acids is 1. The molecule has 1 unspecified atom stereocenters. The van der Waals surface area contributed by atoms with Crippen LogP contribution in [0.1, 0.15) is 26.3 Å². The van der Waals surface area contributed by atoms with Crippen LogP contribution in [0, 0.1) is 6.92 Å². The first kappa shape index (κ1) is 19.6. The second kappa shape index (κ2) is 7.90. The summed E-state index contributed by atoms with van der Waals surface area (Å²) >= 11 is 0. The predicted molar refractivity (Wildman–Crippen MR) is 93.1 cm³/mol. The average molecular weight is 341 g/mol. The molecular weight excluding hydrogens is 314 g/mol. The van der Waals surface area contributed by atoms with Crippen LogP contribution in [-0.2, 0) is 14.8 Å². The first-order valence-corrected chi connectivity index (χ1v) is 9.17. The van der Waals surface area contributed by atoms with Gasteiger partial charge >= 0.3 is 0 Å². The molecule has 0 aliphatic rings. The summed E-state index contributed by atoms with van der Waals surface area (Å²) < 4.78 is 25.6. The topological polar surface area (TPSA) is 69.7 Å². The third-order valence-electron chi connectivity index (χ3n) is 3.99. The summed E-state index contributed by atoms with van der Waals surface area (Å²) in [6.07, 6.45) is 0. The standard InChI is InChI=1S/C16H27N3O3S/c1-7-19(8-2)13(4)16(20)17-15-11-14(10-9-12(15)3)23(21,22)18(5)6/h9-11,13H,7-8H2,1-6H3,(H,17,20). The van der Waals surface area contributed by atoms with E-state index >= 15 is 0 Å². The Morgan fingerprint density at radius 2 is 1.78 bits per heavy atom. The van der Waals surface area contributed by atoms with E-state index < -0.39 is 10.0 Å².